The van der Waals surface area contributed by atoms with Gasteiger partial charge in [-0.25, -0.2) is 4.98 Å². The van der Waals surface area contributed by atoms with E-state index in [-0.39, 0.29) is 18.4 Å². The van der Waals surface area contributed by atoms with Crippen LogP contribution in [0.4, 0.5) is 0 Å². The van der Waals surface area contributed by atoms with Gasteiger partial charge in [-0.05, 0) is 31.0 Å². The van der Waals surface area contributed by atoms with Crippen molar-refractivity contribution >= 4 is 17.0 Å². The zero-order chi connectivity index (χ0) is 18.3. The molecule has 1 N–H and O–H groups in total. The highest BCUT2D eigenvalue weighted by Gasteiger charge is 2.29. The van der Waals surface area contributed by atoms with Crippen molar-refractivity contribution in [2.75, 3.05) is 13.1 Å². The van der Waals surface area contributed by atoms with Crippen LogP contribution in [0, 0.1) is 6.92 Å². The van der Waals surface area contributed by atoms with E-state index in [0.717, 1.165) is 24.2 Å². The fourth-order valence-electron chi connectivity index (χ4n) is 3.60. The van der Waals surface area contributed by atoms with Crippen LogP contribution >= 0.6 is 0 Å². The maximum Gasteiger partial charge on any atom is 0.254 e. The summed E-state index contributed by atoms with van der Waals surface area (Å²) in [6.45, 7) is 2.95. The van der Waals surface area contributed by atoms with Gasteiger partial charge in [-0.3, -0.25) is 4.79 Å². The molecule has 0 bridgehead atoms. The molecule has 1 aromatic carbocycles. The van der Waals surface area contributed by atoms with Crippen molar-refractivity contribution in [2.24, 2.45) is 7.05 Å². The third-order valence-electron chi connectivity index (χ3n) is 4.96. The minimum Gasteiger partial charge on any atom is -0.441 e. The summed E-state index contributed by atoms with van der Waals surface area (Å²) in [6, 6.07) is 5.37. The van der Waals surface area contributed by atoms with Gasteiger partial charge in [-0.2, -0.15) is 0 Å². The number of aliphatic hydroxyl groups excluding tert-OH is 1. The van der Waals surface area contributed by atoms with E-state index < -0.39 is 0 Å². The molecule has 1 aliphatic heterocycles. The van der Waals surface area contributed by atoms with Crippen molar-refractivity contribution in [3.63, 3.8) is 0 Å². The zero-order valence-electron chi connectivity index (χ0n) is 14.8. The standard InChI is InChI=1S/C18H21N5O3/c1-11-19-14-6-5-12(8-15(14)26-11)18(25)23-7-3-4-13(9-23)17-21-20-16(10-24)22(17)2/h5-6,8,13,24H,3-4,7,9-10H2,1-2H3/t13-/m1/s1. The third-order valence-corrected chi connectivity index (χ3v) is 4.96. The predicted molar refractivity (Wildman–Crippen MR) is 93.6 cm³/mol. The molecule has 2 aromatic heterocycles. The molecule has 0 radical (unpaired) electrons. The lowest BCUT2D eigenvalue weighted by Gasteiger charge is -2.32. The number of rotatable bonds is 3. The lowest BCUT2D eigenvalue weighted by atomic mass is 9.96. The zero-order valence-corrected chi connectivity index (χ0v) is 14.8. The van der Waals surface area contributed by atoms with E-state index in [2.05, 4.69) is 15.2 Å². The summed E-state index contributed by atoms with van der Waals surface area (Å²) in [7, 11) is 1.85. The summed E-state index contributed by atoms with van der Waals surface area (Å²) in [5.74, 6) is 2.03. The van der Waals surface area contributed by atoms with Gasteiger partial charge in [0.15, 0.2) is 17.3 Å². The number of benzene rings is 1. The van der Waals surface area contributed by atoms with Gasteiger partial charge in [-0.1, -0.05) is 0 Å². The first-order valence-electron chi connectivity index (χ1n) is 8.72. The third kappa shape index (κ3) is 2.86. The molecule has 0 spiro atoms. The van der Waals surface area contributed by atoms with Crippen LogP contribution in [-0.2, 0) is 13.7 Å². The summed E-state index contributed by atoms with van der Waals surface area (Å²) in [5, 5.41) is 17.5. The lowest BCUT2D eigenvalue weighted by molar-refractivity contribution is 0.0703. The van der Waals surface area contributed by atoms with E-state index in [0.29, 0.717) is 36.0 Å². The van der Waals surface area contributed by atoms with Crippen LogP contribution in [-0.4, -0.2) is 48.8 Å². The Morgan fingerprint density at radius 2 is 2.23 bits per heavy atom. The van der Waals surface area contributed by atoms with Gasteiger partial charge >= 0.3 is 0 Å². The van der Waals surface area contributed by atoms with Gasteiger partial charge in [0.25, 0.3) is 5.91 Å². The van der Waals surface area contributed by atoms with Crippen molar-refractivity contribution in [1.29, 1.82) is 0 Å². The average Bonchev–Trinajstić information content (AvgIpc) is 3.21. The largest absolute Gasteiger partial charge is 0.441 e. The summed E-state index contributed by atoms with van der Waals surface area (Å²) in [6.07, 6.45) is 1.85. The van der Waals surface area contributed by atoms with Crippen LogP contribution in [0.15, 0.2) is 22.6 Å². The second kappa shape index (κ2) is 6.53. The number of oxazole rings is 1. The molecular formula is C18H21N5O3. The van der Waals surface area contributed by atoms with Crippen molar-refractivity contribution in [1.82, 2.24) is 24.6 Å². The number of nitrogens with zero attached hydrogens (tertiary/aromatic N) is 5. The first kappa shape index (κ1) is 16.7. The van der Waals surface area contributed by atoms with Crippen molar-refractivity contribution in [2.45, 2.75) is 32.3 Å². The molecule has 0 aliphatic carbocycles. The highest BCUT2D eigenvalue weighted by Crippen LogP contribution is 2.27. The Bertz CT molecular complexity index is 961. The SMILES string of the molecule is Cc1nc2ccc(C(=O)N3CCC[C@@H](c4nnc(CO)n4C)C3)cc2o1. The molecule has 1 aliphatic rings. The summed E-state index contributed by atoms with van der Waals surface area (Å²) < 4.78 is 7.36. The van der Waals surface area contributed by atoms with E-state index >= 15 is 0 Å². The Kier molecular flexibility index (Phi) is 4.20. The van der Waals surface area contributed by atoms with Gasteiger partial charge in [0.2, 0.25) is 0 Å². The fourth-order valence-corrected chi connectivity index (χ4v) is 3.60. The number of aryl methyl sites for hydroxylation is 1. The van der Waals surface area contributed by atoms with E-state index in [1.165, 1.54) is 0 Å². The second-order valence-electron chi connectivity index (χ2n) is 6.70. The van der Waals surface area contributed by atoms with Gasteiger partial charge in [0, 0.05) is 38.5 Å². The number of hydrogen-bond donors (Lipinski definition) is 1. The molecule has 1 saturated heterocycles. The molecular weight excluding hydrogens is 334 g/mol. The molecule has 3 heterocycles. The van der Waals surface area contributed by atoms with E-state index in [4.69, 9.17) is 4.42 Å². The first-order chi connectivity index (χ1) is 12.6. The monoisotopic (exact) mass is 355 g/mol. The van der Waals surface area contributed by atoms with Crippen LogP contribution in [0.1, 0.15) is 46.7 Å². The topological polar surface area (TPSA) is 97.3 Å². The molecule has 4 rings (SSSR count). The number of amides is 1. The Morgan fingerprint density at radius 1 is 1.38 bits per heavy atom. The van der Waals surface area contributed by atoms with Gasteiger partial charge in [0.05, 0.1) is 0 Å². The molecule has 0 saturated carbocycles. The van der Waals surface area contributed by atoms with Gasteiger partial charge < -0.3 is 19.0 Å². The van der Waals surface area contributed by atoms with Crippen molar-refractivity contribution in [3.05, 3.63) is 41.3 Å². The maximum atomic E-state index is 13.0. The molecule has 8 heteroatoms. The average molecular weight is 355 g/mol. The molecule has 1 atom stereocenters. The smallest absolute Gasteiger partial charge is 0.254 e. The van der Waals surface area contributed by atoms with Gasteiger partial charge in [-0.15, -0.1) is 10.2 Å². The Morgan fingerprint density at radius 3 is 3.00 bits per heavy atom. The molecule has 26 heavy (non-hydrogen) atoms. The maximum absolute atomic E-state index is 13.0. The minimum atomic E-state index is -0.143. The predicted octanol–water partition coefficient (Wildman–Crippen LogP) is 1.78. The number of fused-ring (bicyclic) bond motifs is 1. The Hall–Kier alpha value is -2.74. The van der Waals surface area contributed by atoms with Crippen LogP contribution in [0.3, 0.4) is 0 Å². The first-order valence-corrected chi connectivity index (χ1v) is 8.72. The molecule has 1 fully saturated rings. The Balaban J connectivity index is 1.56. The van der Waals surface area contributed by atoms with Crippen molar-refractivity contribution < 1.29 is 14.3 Å². The number of piperidine rings is 1. The number of likely N-dealkylation sites (tertiary alicyclic amines) is 1. The second-order valence-corrected chi connectivity index (χ2v) is 6.70. The number of carbonyl (C=O) groups is 1. The molecule has 136 valence electrons. The lowest BCUT2D eigenvalue weighted by Crippen LogP contribution is -2.39. The number of hydrogen-bond acceptors (Lipinski definition) is 6. The molecule has 1 amide bonds. The molecule has 3 aromatic rings. The van der Waals surface area contributed by atoms with E-state index in [9.17, 15) is 9.90 Å². The summed E-state index contributed by atoms with van der Waals surface area (Å²) >= 11 is 0. The highest BCUT2D eigenvalue weighted by molar-refractivity contribution is 5.97. The summed E-state index contributed by atoms with van der Waals surface area (Å²) in [5.41, 5.74) is 1.98. The normalized spacial score (nSPS) is 17.8. The number of aromatic nitrogens is 4. The highest BCUT2D eigenvalue weighted by atomic mass is 16.3. The number of aliphatic hydroxyl groups is 1. The summed E-state index contributed by atoms with van der Waals surface area (Å²) in [4.78, 5) is 19.1. The van der Waals surface area contributed by atoms with Gasteiger partial charge in [0.1, 0.15) is 17.9 Å². The fraction of sp³-hybridized carbons (Fsp3) is 0.444. The quantitative estimate of drug-likeness (QED) is 0.769. The van der Waals surface area contributed by atoms with Crippen molar-refractivity contribution in [3.8, 4) is 0 Å². The van der Waals surface area contributed by atoms with E-state index in [1.54, 1.807) is 19.1 Å². The Labute approximate surface area is 150 Å². The van der Waals surface area contributed by atoms with Crippen LogP contribution < -0.4 is 0 Å². The minimum absolute atomic E-state index is 0.0183. The van der Waals surface area contributed by atoms with Crippen LogP contribution in [0.2, 0.25) is 0 Å². The number of carbonyl (C=O) groups excluding carboxylic acids is 1. The molecule has 8 nitrogen and oxygen atoms in total. The van der Waals surface area contributed by atoms with E-state index in [1.807, 2.05) is 22.6 Å². The molecule has 0 unspecified atom stereocenters. The van der Waals surface area contributed by atoms with Crippen LogP contribution in [0.25, 0.3) is 11.1 Å². The van der Waals surface area contributed by atoms with Crippen LogP contribution in [0.5, 0.6) is 0 Å².